The zero-order chi connectivity index (χ0) is 16.3. The fourth-order valence-electron chi connectivity index (χ4n) is 2.39. The van der Waals surface area contributed by atoms with Gasteiger partial charge in [-0.25, -0.2) is 4.79 Å². The second kappa shape index (κ2) is 7.31. The average Bonchev–Trinajstić information content (AvgIpc) is 2.46. The molecule has 1 aromatic rings. The number of esters is 1. The molecule has 22 heavy (non-hydrogen) atoms. The van der Waals surface area contributed by atoms with E-state index in [1.807, 2.05) is 6.92 Å². The smallest absolute Gasteiger partial charge is 0.337 e. The molecule has 0 radical (unpaired) electrons. The Hall–Kier alpha value is -1.30. The highest BCUT2D eigenvalue weighted by atomic mass is 35.5. The molecule has 7 heteroatoms. The number of carbonyl (C=O) groups is 1. The molecule has 1 unspecified atom stereocenters. The number of methoxy groups -OCH3 is 1. The number of halogens is 2. The van der Waals surface area contributed by atoms with E-state index in [0.29, 0.717) is 27.2 Å². The van der Waals surface area contributed by atoms with Crippen LogP contribution in [0.1, 0.15) is 31.4 Å². The molecule has 4 nitrogen and oxygen atoms in total. The largest absolute Gasteiger partial charge is 0.466 e. The van der Waals surface area contributed by atoms with Crippen molar-refractivity contribution in [2.45, 2.75) is 25.8 Å². The Morgan fingerprint density at radius 2 is 2.14 bits per heavy atom. The lowest BCUT2D eigenvalue weighted by Crippen LogP contribution is -2.45. The van der Waals surface area contributed by atoms with E-state index in [9.17, 15) is 4.79 Å². The van der Waals surface area contributed by atoms with Crippen molar-refractivity contribution in [1.82, 2.24) is 10.6 Å². The Bertz CT molecular complexity index is 646. The van der Waals surface area contributed by atoms with E-state index in [2.05, 4.69) is 10.6 Å². The van der Waals surface area contributed by atoms with E-state index in [0.717, 1.165) is 17.7 Å². The van der Waals surface area contributed by atoms with Crippen LogP contribution in [0.3, 0.4) is 0 Å². The maximum Gasteiger partial charge on any atom is 0.337 e. The first-order chi connectivity index (χ1) is 10.5. The molecule has 1 aliphatic rings. The van der Waals surface area contributed by atoms with Gasteiger partial charge in [-0.2, -0.15) is 0 Å². The van der Waals surface area contributed by atoms with Crippen LogP contribution < -0.4 is 10.6 Å². The molecule has 2 N–H and O–H groups in total. The highest BCUT2D eigenvalue weighted by molar-refractivity contribution is 7.80. The first-order valence-electron chi connectivity index (χ1n) is 6.81. The average molecular weight is 359 g/mol. The van der Waals surface area contributed by atoms with Crippen LogP contribution in [0, 0.1) is 0 Å². The van der Waals surface area contributed by atoms with Gasteiger partial charge in [0.25, 0.3) is 0 Å². The van der Waals surface area contributed by atoms with Gasteiger partial charge in [0.15, 0.2) is 5.11 Å². The van der Waals surface area contributed by atoms with Gasteiger partial charge >= 0.3 is 5.97 Å². The molecule has 0 spiro atoms. The van der Waals surface area contributed by atoms with E-state index < -0.39 is 12.0 Å². The van der Waals surface area contributed by atoms with Crippen LogP contribution >= 0.6 is 35.4 Å². The number of allylic oxidation sites excluding steroid dienone is 1. The Morgan fingerprint density at radius 3 is 2.73 bits per heavy atom. The molecular formula is C15H16Cl2N2O2S. The van der Waals surface area contributed by atoms with Gasteiger partial charge in [0, 0.05) is 15.7 Å². The van der Waals surface area contributed by atoms with Crippen LogP contribution in [0.4, 0.5) is 0 Å². The third-order valence-electron chi connectivity index (χ3n) is 3.33. The van der Waals surface area contributed by atoms with E-state index in [4.69, 9.17) is 40.2 Å². The van der Waals surface area contributed by atoms with E-state index in [1.54, 1.807) is 18.2 Å². The lowest BCUT2D eigenvalue weighted by molar-refractivity contribution is -0.136. The SMILES string of the molecule is CCCC1=C(C(=O)OC)C(c2ccc(Cl)cc2Cl)NC(=S)N1. The van der Waals surface area contributed by atoms with Crippen molar-refractivity contribution in [2.75, 3.05) is 7.11 Å². The standard InChI is InChI=1S/C15H16Cl2N2O2S/c1-3-4-11-12(14(20)21-2)13(19-15(22)18-11)9-6-5-8(16)7-10(9)17/h5-7,13H,3-4H2,1-2H3,(H2,18,19,22). The number of hydrogen-bond acceptors (Lipinski definition) is 3. The summed E-state index contributed by atoms with van der Waals surface area (Å²) in [5.41, 5.74) is 1.97. The monoisotopic (exact) mass is 358 g/mol. The Balaban J connectivity index is 2.56. The minimum atomic E-state index is -0.465. The normalized spacial score (nSPS) is 17.8. The number of hydrogen-bond donors (Lipinski definition) is 2. The summed E-state index contributed by atoms with van der Waals surface area (Å²) in [5, 5.41) is 7.57. The summed E-state index contributed by atoms with van der Waals surface area (Å²) in [6, 6.07) is 4.68. The third kappa shape index (κ3) is 3.54. The van der Waals surface area contributed by atoms with Crippen molar-refractivity contribution in [2.24, 2.45) is 0 Å². The molecule has 0 bridgehead atoms. The Morgan fingerprint density at radius 1 is 1.41 bits per heavy atom. The lowest BCUT2D eigenvalue weighted by atomic mass is 9.94. The number of carbonyl (C=O) groups excluding carboxylic acids is 1. The second-order valence-electron chi connectivity index (χ2n) is 4.83. The summed E-state index contributed by atoms with van der Waals surface area (Å²) in [5.74, 6) is -0.415. The van der Waals surface area contributed by atoms with Crippen LogP contribution in [0.2, 0.25) is 10.0 Å². The Kier molecular flexibility index (Phi) is 5.67. The number of benzene rings is 1. The van der Waals surface area contributed by atoms with Crippen molar-refractivity contribution >= 4 is 46.5 Å². The van der Waals surface area contributed by atoms with Gasteiger partial charge in [0.1, 0.15) is 0 Å². The van der Waals surface area contributed by atoms with Crippen LogP contribution in [-0.4, -0.2) is 18.2 Å². The quantitative estimate of drug-likeness (QED) is 0.634. The van der Waals surface area contributed by atoms with Crippen molar-refractivity contribution in [1.29, 1.82) is 0 Å². The summed E-state index contributed by atoms with van der Waals surface area (Å²) >= 11 is 17.5. The van der Waals surface area contributed by atoms with Gasteiger partial charge in [0.2, 0.25) is 0 Å². The van der Waals surface area contributed by atoms with Crippen molar-refractivity contribution in [3.63, 3.8) is 0 Å². The highest BCUT2D eigenvalue weighted by Crippen LogP contribution is 2.34. The van der Waals surface area contributed by atoms with Gasteiger partial charge in [-0.15, -0.1) is 0 Å². The molecule has 1 aliphatic heterocycles. The molecule has 1 heterocycles. The summed E-state index contributed by atoms with van der Waals surface area (Å²) in [6.07, 6.45) is 1.56. The molecule has 0 saturated heterocycles. The van der Waals surface area contributed by atoms with Crippen LogP contribution in [-0.2, 0) is 9.53 Å². The van der Waals surface area contributed by atoms with E-state index >= 15 is 0 Å². The molecule has 1 aromatic carbocycles. The second-order valence-corrected chi connectivity index (χ2v) is 6.08. The minimum Gasteiger partial charge on any atom is -0.466 e. The van der Waals surface area contributed by atoms with Gasteiger partial charge in [-0.3, -0.25) is 0 Å². The zero-order valence-electron chi connectivity index (χ0n) is 12.2. The maximum absolute atomic E-state index is 12.2. The van der Waals surface area contributed by atoms with Crippen molar-refractivity contribution in [3.8, 4) is 0 Å². The van der Waals surface area contributed by atoms with Crippen LogP contribution in [0.15, 0.2) is 29.5 Å². The molecule has 0 amide bonds. The van der Waals surface area contributed by atoms with Gasteiger partial charge in [-0.1, -0.05) is 42.6 Å². The van der Waals surface area contributed by atoms with E-state index in [-0.39, 0.29) is 0 Å². The first kappa shape index (κ1) is 17.1. The van der Waals surface area contributed by atoms with Crippen LogP contribution in [0.25, 0.3) is 0 Å². The summed E-state index contributed by atoms with van der Waals surface area (Å²) in [6.45, 7) is 2.03. The minimum absolute atomic E-state index is 0.415. The summed E-state index contributed by atoms with van der Waals surface area (Å²) in [7, 11) is 1.35. The number of ether oxygens (including phenoxy) is 1. The molecule has 0 aliphatic carbocycles. The van der Waals surface area contributed by atoms with Crippen molar-refractivity contribution < 1.29 is 9.53 Å². The molecule has 0 fully saturated rings. The summed E-state index contributed by atoms with van der Waals surface area (Å²) < 4.78 is 4.93. The zero-order valence-corrected chi connectivity index (χ0v) is 14.5. The molecule has 0 aromatic heterocycles. The fourth-order valence-corrected chi connectivity index (χ4v) is 3.14. The van der Waals surface area contributed by atoms with Gasteiger partial charge in [-0.05, 0) is 36.3 Å². The molecule has 118 valence electrons. The number of nitrogens with one attached hydrogen (secondary N) is 2. The number of thiocarbonyl (C=S) groups is 1. The van der Waals surface area contributed by atoms with Gasteiger partial charge in [0.05, 0.1) is 18.7 Å². The first-order valence-corrected chi connectivity index (χ1v) is 7.98. The maximum atomic E-state index is 12.2. The van der Waals surface area contributed by atoms with Gasteiger partial charge < -0.3 is 15.4 Å². The summed E-state index contributed by atoms with van der Waals surface area (Å²) in [4.78, 5) is 12.2. The molecular weight excluding hydrogens is 343 g/mol. The predicted octanol–water partition coefficient (Wildman–Crippen LogP) is 3.74. The van der Waals surface area contributed by atoms with Crippen molar-refractivity contribution in [3.05, 3.63) is 45.1 Å². The van der Waals surface area contributed by atoms with E-state index in [1.165, 1.54) is 7.11 Å². The third-order valence-corrected chi connectivity index (χ3v) is 4.11. The molecule has 2 rings (SSSR count). The molecule has 0 saturated carbocycles. The fraction of sp³-hybridized carbons (Fsp3) is 0.333. The Labute approximate surface area is 144 Å². The molecule has 1 atom stereocenters. The van der Waals surface area contributed by atoms with Crippen LogP contribution in [0.5, 0.6) is 0 Å². The highest BCUT2D eigenvalue weighted by Gasteiger charge is 2.32. The lowest BCUT2D eigenvalue weighted by Gasteiger charge is -2.31. The topological polar surface area (TPSA) is 50.4 Å². The predicted molar refractivity (Wildman–Crippen MR) is 92.0 cm³/mol. The number of rotatable bonds is 4.